The number of nitrogens with one attached hydrogen (secondary N) is 1. The van der Waals surface area contributed by atoms with Gasteiger partial charge in [-0.3, -0.25) is 0 Å². The molecule has 1 aliphatic heterocycles. The van der Waals surface area contributed by atoms with Crippen LogP contribution in [0.4, 0.5) is 11.4 Å². The van der Waals surface area contributed by atoms with Crippen molar-refractivity contribution in [1.29, 1.82) is 0 Å². The lowest BCUT2D eigenvalue weighted by molar-refractivity contribution is 0.589. The summed E-state index contributed by atoms with van der Waals surface area (Å²) in [6.45, 7) is 4.01. The Balaban J connectivity index is 2.19. The van der Waals surface area contributed by atoms with Crippen molar-refractivity contribution in [3.8, 4) is 0 Å². The Bertz CT molecular complexity index is 377. The standard InChI is InChI=1S/C10H13N5/c11-14-13-9-2-1-3-10(8-9)15-6-4-12-5-7-15/h1-3,8,12H,4-7H2. The molecule has 0 spiro atoms. The van der Waals surface area contributed by atoms with E-state index in [1.54, 1.807) is 0 Å². The highest BCUT2D eigenvalue weighted by Gasteiger charge is 2.09. The van der Waals surface area contributed by atoms with Gasteiger partial charge in [0, 0.05) is 42.5 Å². The molecule has 5 heteroatoms. The zero-order chi connectivity index (χ0) is 10.5. The molecule has 5 nitrogen and oxygen atoms in total. The van der Waals surface area contributed by atoms with E-state index >= 15 is 0 Å². The minimum absolute atomic E-state index is 0.675. The van der Waals surface area contributed by atoms with E-state index in [4.69, 9.17) is 5.53 Å². The summed E-state index contributed by atoms with van der Waals surface area (Å²) in [5.74, 6) is 0. The van der Waals surface area contributed by atoms with Crippen LogP contribution in [0.1, 0.15) is 0 Å². The van der Waals surface area contributed by atoms with Gasteiger partial charge in [0.25, 0.3) is 0 Å². The smallest absolute Gasteiger partial charge is 0.0395 e. The summed E-state index contributed by atoms with van der Waals surface area (Å²) in [4.78, 5) is 5.07. The zero-order valence-corrected chi connectivity index (χ0v) is 8.43. The Morgan fingerprint density at radius 1 is 1.33 bits per heavy atom. The quantitative estimate of drug-likeness (QED) is 0.454. The minimum Gasteiger partial charge on any atom is -0.369 e. The van der Waals surface area contributed by atoms with Gasteiger partial charge in [-0.05, 0) is 17.7 Å². The van der Waals surface area contributed by atoms with E-state index in [0.717, 1.165) is 31.9 Å². The summed E-state index contributed by atoms with van der Waals surface area (Å²) >= 11 is 0. The van der Waals surface area contributed by atoms with Gasteiger partial charge in [-0.15, -0.1) is 0 Å². The average Bonchev–Trinajstić information content (AvgIpc) is 2.31. The first-order chi connectivity index (χ1) is 7.40. The molecule has 0 aromatic heterocycles. The Labute approximate surface area is 88.3 Å². The molecular formula is C10H13N5. The highest BCUT2D eigenvalue weighted by Crippen LogP contribution is 2.21. The Hall–Kier alpha value is -1.71. The first kappa shape index (κ1) is 9.83. The van der Waals surface area contributed by atoms with Crippen molar-refractivity contribution in [1.82, 2.24) is 5.32 Å². The van der Waals surface area contributed by atoms with Crippen molar-refractivity contribution in [2.45, 2.75) is 0 Å². The number of piperazine rings is 1. The van der Waals surface area contributed by atoms with Gasteiger partial charge in [0.2, 0.25) is 0 Å². The summed E-state index contributed by atoms with van der Waals surface area (Å²) in [5.41, 5.74) is 10.2. The Kier molecular flexibility index (Phi) is 3.07. The van der Waals surface area contributed by atoms with Crippen molar-refractivity contribution in [3.05, 3.63) is 34.7 Å². The number of hydrogen-bond donors (Lipinski definition) is 1. The van der Waals surface area contributed by atoms with Crippen LogP contribution in [0.3, 0.4) is 0 Å². The van der Waals surface area contributed by atoms with Crippen LogP contribution in [0, 0.1) is 0 Å². The second-order valence-electron chi connectivity index (χ2n) is 3.45. The van der Waals surface area contributed by atoms with E-state index in [-0.39, 0.29) is 0 Å². The number of azide groups is 1. The molecule has 0 saturated carbocycles. The largest absolute Gasteiger partial charge is 0.369 e. The normalized spacial score (nSPS) is 15.9. The average molecular weight is 203 g/mol. The first-order valence-electron chi connectivity index (χ1n) is 5.01. The van der Waals surface area contributed by atoms with Gasteiger partial charge in [-0.25, -0.2) is 0 Å². The minimum atomic E-state index is 0.675. The Morgan fingerprint density at radius 3 is 2.87 bits per heavy atom. The van der Waals surface area contributed by atoms with E-state index in [1.807, 2.05) is 24.3 Å². The van der Waals surface area contributed by atoms with Crippen molar-refractivity contribution in [2.24, 2.45) is 5.11 Å². The SMILES string of the molecule is [N-]=[N+]=Nc1cccc(N2CCNCC2)c1. The molecule has 1 aromatic rings. The maximum Gasteiger partial charge on any atom is 0.0395 e. The number of rotatable bonds is 2. The molecule has 1 aliphatic rings. The molecule has 78 valence electrons. The summed E-state index contributed by atoms with van der Waals surface area (Å²) in [7, 11) is 0. The van der Waals surface area contributed by atoms with Gasteiger partial charge in [0.15, 0.2) is 0 Å². The van der Waals surface area contributed by atoms with Gasteiger partial charge >= 0.3 is 0 Å². The third-order valence-corrected chi connectivity index (χ3v) is 2.47. The maximum absolute atomic E-state index is 8.36. The van der Waals surface area contributed by atoms with Crippen LogP contribution < -0.4 is 10.2 Å². The molecule has 0 bridgehead atoms. The maximum atomic E-state index is 8.36. The number of nitrogens with zero attached hydrogens (tertiary/aromatic N) is 4. The molecule has 1 N–H and O–H groups in total. The van der Waals surface area contributed by atoms with Gasteiger partial charge in [-0.1, -0.05) is 17.2 Å². The molecule has 0 amide bonds. The molecule has 1 saturated heterocycles. The van der Waals surface area contributed by atoms with Gasteiger partial charge in [-0.2, -0.15) is 0 Å². The highest BCUT2D eigenvalue weighted by atomic mass is 15.2. The van der Waals surface area contributed by atoms with Crippen LogP contribution >= 0.6 is 0 Å². The monoisotopic (exact) mass is 203 g/mol. The van der Waals surface area contributed by atoms with Gasteiger partial charge < -0.3 is 10.2 Å². The fraction of sp³-hybridized carbons (Fsp3) is 0.400. The molecule has 0 radical (unpaired) electrons. The van der Waals surface area contributed by atoms with Crippen LogP contribution in [0.5, 0.6) is 0 Å². The number of anilines is 1. The molecule has 1 aromatic carbocycles. The molecule has 1 heterocycles. The predicted octanol–water partition coefficient (Wildman–Crippen LogP) is 2.04. The van der Waals surface area contributed by atoms with Crippen LogP contribution in [0.25, 0.3) is 10.4 Å². The van der Waals surface area contributed by atoms with Crippen LogP contribution in [-0.4, -0.2) is 26.2 Å². The molecule has 15 heavy (non-hydrogen) atoms. The molecule has 0 atom stereocenters. The third kappa shape index (κ3) is 2.40. The van der Waals surface area contributed by atoms with Crippen molar-refractivity contribution in [3.63, 3.8) is 0 Å². The van der Waals surface area contributed by atoms with Crippen molar-refractivity contribution in [2.75, 3.05) is 31.1 Å². The van der Waals surface area contributed by atoms with E-state index < -0.39 is 0 Å². The second kappa shape index (κ2) is 4.68. The molecule has 1 fully saturated rings. The fourth-order valence-corrected chi connectivity index (χ4v) is 1.73. The van der Waals surface area contributed by atoms with E-state index in [1.165, 1.54) is 0 Å². The van der Waals surface area contributed by atoms with Gasteiger partial charge in [0.05, 0.1) is 0 Å². The zero-order valence-electron chi connectivity index (χ0n) is 8.43. The first-order valence-corrected chi connectivity index (χ1v) is 5.01. The third-order valence-electron chi connectivity index (χ3n) is 2.47. The lowest BCUT2D eigenvalue weighted by Gasteiger charge is -2.29. The molecule has 0 aliphatic carbocycles. The van der Waals surface area contributed by atoms with Crippen LogP contribution in [0.2, 0.25) is 0 Å². The summed E-state index contributed by atoms with van der Waals surface area (Å²) in [6.07, 6.45) is 0. The van der Waals surface area contributed by atoms with Crippen LogP contribution in [-0.2, 0) is 0 Å². The predicted molar refractivity (Wildman–Crippen MR) is 60.3 cm³/mol. The topological polar surface area (TPSA) is 64.0 Å². The second-order valence-corrected chi connectivity index (χ2v) is 3.45. The molecule has 2 rings (SSSR count). The van der Waals surface area contributed by atoms with Crippen molar-refractivity contribution >= 4 is 11.4 Å². The number of hydrogen-bond acceptors (Lipinski definition) is 3. The van der Waals surface area contributed by atoms with E-state index in [9.17, 15) is 0 Å². The lowest BCUT2D eigenvalue weighted by atomic mass is 10.2. The van der Waals surface area contributed by atoms with E-state index in [0.29, 0.717) is 5.69 Å². The summed E-state index contributed by atoms with van der Waals surface area (Å²) in [6, 6.07) is 7.69. The molecule has 0 unspecified atom stereocenters. The van der Waals surface area contributed by atoms with E-state index in [2.05, 4.69) is 20.2 Å². The molecular weight excluding hydrogens is 190 g/mol. The summed E-state index contributed by atoms with van der Waals surface area (Å²) in [5, 5.41) is 6.90. The van der Waals surface area contributed by atoms with Crippen molar-refractivity contribution < 1.29 is 0 Å². The highest BCUT2D eigenvalue weighted by molar-refractivity contribution is 5.55. The Morgan fingerprint density at radius 2 is 2.13 bits per heavy atom. The number of benzene rings is 1. The van der Waals surface area contributed by atoms with Gasteiger partial charge in [0.1, 0.15) is 0 Å². The van der Waals surface area contributed by atoms with Crippen LogP contribution in [0.15, 0.2) is 29.4 Å². The summed E-state index contributed by atoms with van der Waals surface area (Å²) < 4.78 is 0. The lowest BCUT2D eigenvalue weighted by Crippen LogP contribution is -2.43. The fourth-order valence-electron chi connectivity index (χ4n) is 1.73.